The Labute approximate surface area is 164 Å². The molecule has 0 unspecified atom stereocenters. The minimum atomic E-state index is -0.509. The van der Waals surface area contributed by atoms with E-state index in [9.17, 15) is 9.90 Å². The zero-order chi connectivity index (χ0) is 19.5. The normalized spacial score (nSPS) is 13.9. The fraction of sp³-hybridized carbons (Fsp3) is 0. The van der Waals surface area contributed by atoms with Gasteiger partial charge in [-0.25, -0.2) is 9.98 Å². The van der Waals surface area contributed by atoms with Gasteiger partial charge in [0.05, 0.1) is 17.6 Å². The summed E-state index contributed by atoms with van der Waals surface area (Å²) < 4.78 is 7.21. The van der Waals surface area contributed by atoms with Gasteiger partial charge in [0, 0.05) is 0 Å². The molecule has 0 saturated carbocycles. The number of allylic oxidation sites excluding steroid dienone is 1. The number of para-hydroxylation sites is 1. The summed E-state index contributed by atoms with van der Waals surface area (Å²) >= 11 is 5.23. The van der Waals surface area contributed by atoms with Crippen molar-refractivity contribution in [1.29, 1.82) is 0 Å². The number of ether oxygens (including phenoxy) is 1. The summed E-state index contributed by atoms with van der Waals surface area (Å²) in [7, 11) is 0. The molecular weight excluding hydrogens is 376 g/mol. The highest BCUT2D eigenvalue weighted by molar-refractivity contribution is 7.71. The van der Waals surface area contributed by atoms with E-state index in [2.05, 4.69) is 15.0 Å². The van der Waals surface area contributed by atoms with Gasteiger partial charge >= 0.3 is 0 Å². The van der Waals surface area contributed by atoms with E-state index < -0.39 is 5.56 Å². The molecule has 0 radical (unpaired) electrons. The monoisotopic (exact) mass is 390 g/mol. The van der Waals surface area contributed by atoms with Gasteiger partial charge in [-0.1, -0.05) is 18.2 Å². The van der Waals surface area contributed by atoms with E-state index in [0.717, 1.165) is 0 Å². The molecule has 0 saturated heterocycles. The number of aliphatic imine (C=N–C) groups is 2. The standard InChI is InChI=1S/C20H14N4O3S/c25-18-17(10-13-11-21-12-22-13)19(26)24(20(28)23-18)14-6-8-16(9-7-14)27-15-4-2-1-3-5-15/h1-12,26H,(H,23,25,28). The molecule has 0 bridgehead atoms. The predicted molar refractivity (Wildman–Crippen MR) is 110 cm³/mol. The molecule has 0 atom stereocenters. The number of hydrogen-bond donors (Lipinski definition) is 2. The van der Waals surface area contributed by atoms with Crippen LogP contribution in [0.5, 0.6) is 17.4 Å². The number of H-pyrrole nitrogens is 1. The van der Waals surface area contributed by atoms with Crippen LogP contribution in [0.25, 0.3) is 11.8 Å². The molecule has 0 spiro atoms. The lowest BCUT2D eigenvalue weighted by Crippen LogP contribution is -2.16. The number of benzene rings is 2. The van der Waals surface area contributed by atoms with Crippen LogP contribution in [0.15, 0.2) is 75.1 Å². The Bertz CT molecular complexity index is 1210. The molecule has 4 rings (SSSR count). The van der Waals surface area contributed by atoms with Crippen molar-refractivity contribution in [2.24, 2.45) is 9.98 Å². The molecule has 28 heavy (non-hydrogen) atoms. The van der Waals surface area contributed by atoms with Crippen LogP contribution in [0, 0.1) is 4.77 Å². The van der Waals surface area contributed by atoms with Crippen LogP contribution in [0.1, 0.15) is 5.56 Å². The Morgan fingerprint density at radius 3 is 2.46 bits per heavy atom. The summed E-state index contributed by atoms with van der Waals surface area (Å²) in [6, 6.07) is 16.4. The highest BCUT2D eigenvalue weighted by Gasteiger charge is 2.13. The van der Waals surface area contributed by atoms with Crippen molar-refractivity contribution in [2.75, 3.05) is 0 Å². The number of rotatable bonds is 4. The predicted octanol–water partition coefficient (Wildman–Crippen LogP) is 3.85. The van der Waals surface area contributed by atoms with Crippen molar-refractivity contribution in [2.45, 2.75) is 0 Å². The van der Waals surface area contributed by atoms with Crippen LogP contribution in [-0.2, 0) is 0 Å². The lowest BCUT2D eigenvalue weighted by Gasteiger charge is -2.12. The van der Waals surface area contributed by atoms with E-state index in [1.807, 2.05) is 30.3 Å². The number of nitrogens with zero attached hydrogens (tertiary/aromatic N) is 3. The maximum absolute atomic E-state index is 12.2. The lowest BCUT2D eigenvalue weighted by atomic mass is 10.2. The van der Waals surface area contributed by atoms with Gasteiger partial charge in [-0.05, 0) is 54.7 Å². The van der Waals surface area contributed by atoms with E-state index >= 15 is 0 Å². The van der Waals surface area contributed by atoms with Crippen molar-refractivity contribution in [3.63, 3.8) is 0 Å². The number of nitrogens with one attached hydrogen (secondary N) is 1. The lowest BCUT2D eigenvalue weighted by molar-refractivity contribution is 0.431. The van der Waals surface area contributed by atoms with Crippen LogP contribution < -0.4 is 10.3 Å². The average molecular weight is 390 g/mol. The van der Waals surface area contributed by atoms with E-state index in [1.165, 1.54) is 23.2 Å². The second kappa shape index (κ2) is 7.45. The molecule has 2 heterocycles. The van der Waals surface area contributed by atoms with Gasteiger partial charge in [0.1, 0.15) is 23.4 Å². The molecule has 1 aliphatic rings. The second-order valence-corrected chi connectivity index (χ2v) is 6.22. The summed E-state index contributed by atoms with van der Waals surface area (Å²) in [5.41, 5.74) is 0.558. The Morgan fingerprint density at radius 2 is 1.79 bits per heavy atom. The minimum absolute atomic E-state index is 0.0405. The molecular formula is C20H14N4O3S. The third-order valence-corrected chi connectivity index (χ3v) is 4.25. The smallest absolute Gasteiger partial charge is 0.262 e. The number of hydrogen-bond acceptors (Lipinski definition) is 6. The molecule has 1 aromatic heterocycles. The summed E-state index contributed by atoms with van der Waals surface area (Å²) in [6.07, 6.45) is 4.29. The molecule has 2 N–H and O–H groups in total. The third kappa shape index (κ3) is 3.53. The van der Waals surface area contributed by atoms with Crippen molar-refractivity contribution >= 4 is 30.8 Å². The zero-order valence-corrected chi connectivity index (χ0v) is 15.3. The summed E-state index contributed by atoms with van der Waals surface area (Å²) in [5, 5.41) is 10.7. The fourth-order valence-electron chi connectivity index (χ4n) is 2.66. The first kappa shape index (κ1) is 17.6. The van der Waals surface area contributed by atoms with Gasteiger partial charge in [-0.2, -0.15) is 0 Å². The van der Waals surface area contributed by atoms with Crippen LogP contribution in [0.2, 0.25) is 0 Å². The van der Waals surface area contributed by atoms with Crippen LogP contribution in [-0.4, -0.2) is 27.2 Å². The van der Waals surface area contributed by atoms with E-state index in [0.29, 0.717) is 22.9 Å². The molecule has 8 heteroatoms. The topological polar surface area (TPSA) is 92.0 Å². The van der Waals surface area contributed by atoms with Crippen LogP contribution in [0.3, 0.4) is 0 Å². The number of aromatic nitrogens is 2. The van der Waals surface area contributed by atoms with Crippen molar-refractivity contribution in [3.8, 4) is 23.1 Å². The van der Waals surface area contributed by atoms with Crippen molar-refractivity contribution in [3.05, 3.63) is 81.0 Å². The maximum atomic E-state index is 12.2. The quantitative estimate of drug-likeness (QED) is 0.662. The molecule has 0 amide bonds. The van der Waals surface area contributed by atoms with Gasteiger partial charge in [-0.15, -0.1) is 0 Å². The number of aromatic hydroxyl groups is 1. The molecule has 7 nitrogen and oxygen atoms in total. The van der Waals surface area contributed by atoms with Crippen LogP contribution >= 0.6 is 12.2 Å². The van der Waals surface area contributed by atoms with Crippen molar-refractivity contribution < 1.29 is 9.84 Å². The molecule has 2 aromatic carbocycles. The molecule has 0 aliphatic carbocycles. The average Bonchev–Trinajstić information content (AvgIpc) is 3.20. The second-order valence-electron chi connectivity index (χ2n) is 5.83. The first-order valence-corrected chi connectivity index (χ1v) is 8.72. The SMILES string of the molecule is O=c1[nH]c(=S)n(-c2ccc(Oc3ccccc3)cc2)c(O)c1C=C1C=NC=N1. The summed E-state index contributed by atoms with van der Waals surface area (Å²) in [4.78, 5) is 22.6. The highest BCUT2D eigenvalue weighted by atomic mass is 32.1. The Morgan fingerprint density at radius 1 is 1.07 bits per heavy atom. The largest absolute Gasteiger partial charge is 0.494 e. The van der Waals surface area contributed by atoms with E-state index in [4.69, 9.17) is 17.0 Å². The Balaban J connectivity index is 1.72. The Hall–Kier alpha value is -3.78. The summed E-state index contributed by atoms with van der Waals surface area (Å²) in [6.45, 7) is 0. The first-order chi connectivity index (χ1) is 13.6. The zero-order valence-electron chi connectivity index (χ0n) is 14.4. The van der Waals surface area contributed by atoms with Gasteiger partial charge in [-0.3, -0.25) is 14.3 Å². The first-order valence-electron chi connectivity index (χ1n) is 8.31. The van der Waals surface area contributed by atoms with Gasteiger partial charge in [0.25, 0.3) is 5.56 Å². The van der Waals surface area contributed by atoms with Gasteiger partial charge in [0.2, 0.25) is 5.88 Å². The fourth-order valence-corrected chi connectivity index (χ4v) is 2.95. The number of aromatic amines is 1. The maximum Gasteiger partial charge on any atom is 0.262 e. The van der Waals surface area contributed by atoms with Gasteiger partial charge in [0.15, 0.2) is 4.77 Å². The molecule has 0 fully saturated rings. The van der Waals surface area contributed by atoms with E-state index in [-0.39, 0.29) is 16.2 Å². The molecule has 3 aromatic rings. The molecule has 1 aliphatic heterocycles. The van der Waals surface area contributed by atoms with Crippen molar-refractivity contribution in [1.82, 2.24) is 9.55 Å². The third-order valence-electron chi connectivity index (χ3n) is 3.97. The highest BCUT2D eigenvalue weighted by Crippen LogP contribution is 2.25. The minimum Gasteiger partial charge on any atom is -0.494 e. The summed E-state index contributed by atoms with van der Waals surface area (Å²) in [5.74, 6) is 1.06. The van der Waals surface area contributed by atoms with Crippen LogP contribution in [0.4, 0.5) is 0 Å². The Kier molecular flexibility index (Phi) is 4.69. The van der Waals surface area contributed by atoms with Gasteiger partial charge < -0.3 is 9.84 Å². The van der Waals surface area contributed by atoms with E-state index in [1.54, 1.807) is 24.3 Å². The molecule has 138 valence electrons.